The van der Waals surface area contributed by atoms with Crippen molar-refractivity contribution in [3.05, 3.63) is 65.7 Å². The average Bonchev–Trinajstić information content (AvgIpc) is 2.68. The summed E-state index contributed by atoms with van der Waals surface area (Å²) >= 11 is 0. The van der Waals surface area contributed by atoms with Gasteiger partial charge in [0.25, 0.3) is 10.1 Å². The molecule has 0 aliphatic rings. The molecule has 0 radical (unpaired) electrons. The van der Waals surface area contributed by atoms with E-state index in [1.165, 1.54) is 12.1 Å². The zero-order valence-corrected chi connectivity index (χ0v) is 20.7. The van der Waals surface area contributed by atoms with Gasteiger partial charge in [0.1, 0.15) is 12.2 Å². The third-order valence-electron chi connectivity index (χ3n) is 4.10. The molecule has 180 valence electrons. The molecule has 1 N–H and O–H groups in total. The standard InChI is InChI=1S/C22H28N2O7S2/c1-16-11-13-18(14-12-16)33(28,29)30-15-19(23-21(25)31-22(2,3)4)20(24-32(5,26)27)17-9-7-6-8-10-17/h6-14,20,24H,15H2,1-5H3/t20-/m0/s1. The van der Waals surface area contributed by atoms with Crippen molar-refractivity contribution in [3.8, 4) is 0 Å². The molecule has 0 spiro atoms. The largest absolute Gasteiger partial charge is 0.442 e. The van der Waals surface area contributed by atoms with E-state index in [1.54, 1.807) is 63.2 Å². The van der Waals surface area contributed by atoms with Gasteiger partial charge >= 0.3 is 6.09 Å². The Bertz CT molecular complexity index is 1200. The van der Waals surface area contributed by atoms with Gasteiger partial charge in [-0.3, -0.25) is 4.18 Å². The molecule has 0 aliphatic carbocycles. The van der Waals surface area contributed by atoms with Gasteiger partial charge in [0.05, 0.1) is 22.9 Å². The second-order valence-corrected chi connectivity index (χ2v) is 11.7. The Morgan fingerprint density at radius 1 is 1.00 bits per heavy atom. The molecule has 1 atom stereocenters. The molecule has 0 heterocycles. The smallest absolute Gasteiger partial charge is 0.434 e. The molecule has 0 aliphatic heterocycles. The fraction of sp³-hybridized carbons (Fsp3) is 0.364. The lowest BCUT2D eigenvalue weighted by Gasteiger charge is -2.22. The fourth-order valence-corrected chi connectivity index (χ4v) is 4.26. The Hall–Kier alpha value is -2.60. The zero-order chi connectivity index (χ0) is 24.9. The van der Waals surface area contributed by atoms with E-state index in [-0.39, 0.29) is 10.6 Å². The number of ether oxygens (including phenoxy) is 1. The number of carbonyl (C=O) groups excluding carboxylic acids is 1. The van der Waals surface area contributed by atoms with Gasteiger partial charge in [-0.1, -0.05) is 48.0 Å². The van der Waals surface area contributed by atoms with Crippen LogP contribution in [0, 0.1) is 6.92 Å². The topological polar surface area (TPSA) is 128 Å². The third kappa shape index (κ3) is 9.04. The summed E-state index contributed by atoms with van der Waals surface area (Å²) in [4.78, 5) is 16.2. The van der Waals surface area contributed by atoms with Crippen LogP contribution >= 0.6 is 0 Å². The van der Waals surface area contributed by atoms with Crippen LogP contribution < -0.4 is 4.72 Å². The molecule has 0 unspecified atom stereocenters. The number of aryl methyl sites for hydroxylation is 1. The van der Waals surface area contributed by atoms with Crippen LogP contribution in [0.3, 0.4) is 0 Å². The summed E-state index contributed by atoms with van der Waals surface area (Å²) in [5.41, 5.74) is 0.244. The van der Waals surface area contributed by atoms with E-state index < -0.39 is 44.5 Å². The Kier molecular flexibility index (Phi) is 8.52. The maximum atomic E-state index is 12.7. The van der Waals surface area contributed by atoms with Gasteiger partial charge < -0.3 is 4.74 Å². The fourth-order valence-electron chi connectivity index (χ4n) is 2.68. The maximum Gasteiger partial charge on any atom is 0.434 e. The van der Waals surface area contributed by atoms with Crippen molar-refractivity contribution in [2.24, 2.45) is 4.99 Å². The molecule has 2 aromatic rings. The van der Waals surface area contributed by atoms with Crippen LogP contribution in [0.4, 0.5) is 4.79 Å². The molecule has 1 amide bonds. The number of aliphatic imine (C=N–C) groups is 1. The van der Waals surface area contributed by atoms with E-state index in [9.17, 15) is 21.6 Å². The van der Waals surface area contributed by atoms with E-state index >= 15 is 0 Å². The first-order chi connectivity index (χ1) is 15.2. The monoisotopic (exact) mass is 496 g/mol. The molecule has 0 aromatic heterocycles. The zero-order valence-electron chi connectivity index (χ0n) is 19.1. The SMILES string of the molecule is Cc1ccc(S(=O)(=O)OCC(=NC(=O)OC(C)(C)C)[C@@H](NS(C)(=O)=O)c2ccccc2)cc1. The first kappa shape index (κ1) is 26.7. The van der Waals surface area contributed by atoms with Crippen LogP contribution in [0.25, 0.3) is 0 Å². The summed E-state index contributed by atoms with van der Waals surface area (Å²) < 4.78 is 62.2. The van der Waals surface area contributed by atoms with Crippen LogP contribution in [-0.4, -0.2) is 47.1 Å². The molecule has 9 nitrogen and oxygen atoms in total. The highest BCUT2D eigenvalue weighted by molar-refractivity contribution is 7.88. The van der Waals surface area contributed by atoms with Gasteiger partial charge in [0.15, 0.2) is 0 Å². The van der Waals surface area contributed by atoms with E-state index in [4.69, 9.17) is 8.92 Å². The van der Waals surface area contributed by atoms with E-state index in [2.05, 4.69) is 9.71 Å². The van der Waals surface area contributed by atoms with Crippen molar-refractivity contribution in [1.82, 2.24) is 4.72 Å². The number of sulfonamides is 1. The van der Waals surface area contributed by atoms with Crippen molar-refractivity contribution in [1.29, 1.82) is 0 Å². The number of hydrogen-bond donors (Lipinski definition) is 1. The van der Waals surface area contributed by atoms with Crippen molar-refractivity contribution >= 4 is 31.9 Å². The van der Waals surface area contributed by atoms with Crippen LogP contribution in [-0.2, 0) is 29.1 Å². The van der Waals surface area contributed by atoms with E-state index in [1.807, 2.05) is 6.92 Å². The number of benzene rings is 2. The summed E-state index contributed by atoms with van der Waals surface area (Å²) in [5.74, 6) is 0. The maximum absolute atomic E-state index is 12.7. The normalized spacial score (nSPS) is 14.0. The second-order valence-electron chi connectivity index (χ2n) is 8.35. The van der Waals surface area contributed by atoms with Crippen LogP contribution in [0.15, 0.2) is 64.5 Å². The molecular formula is C22H28N2O7S2. The second kappa shape index (κ2) is 10.6. The van der Waals surface area contributed by atoms with E-state index in [0.29, 0.717) is 5.56 Å². The van der Waals surface area contributed by atoms with Gasteiger partial charge in [-0.05, 0) is 45.4 Å². The number of nitrogens with zero attached hydrogens (tertiary/aromatic N) is 1. The highest BCUT2D eigenvalue weighted by Crippen LogP contribution is 2.20. The minimum atomic E-state index is -4.21. The molecule has 11 heteroatoms. The predicted molar refractivity (Wildman–Crippen MR) is 125 cm³/mol. The van der Waals surface area contributed by atoms with Crippen molar-refractivity contribution in [2.45, 2.75) is 44.2 Å². The highest BCUT2D eigenvalue weighted by atomic mass is 32.2. The minimum Gasteiger partial charge on any atom is -0.442 e. The summed E-state index contributed by atoms with van der Waals surface area (Å²) in [7, 11) is -8.00. The lowest BCUT2D eigenvalue weighted by Crippen LogP contribution is -2.36. The average molecular weight is 497 g/mol. The van der Waals surface area contributed by atoms with Crippen molar-refractivity contribution in [2.75, 3.05) is 12.9 Å². The summed E-state index contributed by atoms with van der Waals surface area (Å²) in [6.45, 7) is 6.05. The minimum absolute atomic E-state index is 0.0861. The van der Waals surface area contributed by atoms with Gasteiger partial charge in [0, 0.05) is 0 Å². The molecular weight excluding hydrogens is 468 g/mol. The number of hydrogen-bond acceptors (Lipinski definition) is 7. The number of amides is 1. The number of rotatable bonds is 8. The Morgan fingerprint density at radius 3 is 2.09 bits per heavy atom. The molecule has 0 saturated heterocycles. The number of carbonyl (C=O) groups is 1. The van der Waals surface area contributed by atoms with Gasteiger partial charge in [-0.15, -0.1) is 0 Å². The summed E-state index contributed by atoms with van der Waals surface area (Å²) in [6.07, 6.45) is -0.0668. The molecule has 0 fully saturated rings. The Morgan fingerprint density at radius 2 is 1.58 bits per heavy atom. The van der Waals surface area contributed by atoms with Crippen LogP contribution in [0.1, 0.15) is 37.9 Å². The first-order valence-electron chi connectivity index (χ1n) is 9.95. The molecule has 0 bridgehead atoms. The lowest BCUT2D eigenvalue weighted by atomic mass is 10.0. The summed E-state index contributed by atoms with van der Waals surface area (Å²) in [6, 6.07) is 13.1. The Balaban J connectivity index is 2.47. The molecule has 2 aromatic carbocycles. The van der Waals surface area contributed by atoms with Gasteiger partial charge in [0.2, 0.25) is 10.0 Å². The third-order valence-corrected chi connectivity index (χ3v) is 6.04. The highest BCUT2D eigenvalue weighted by Gasteiger charge is 2.27. The Labute approximate surface area is 195 Å². The first-order valence-corrected chi connectivity index (χ1v) is 13.2. The van der Waals surface area contributed by atoms with Crippen molar-refractivity contribution < 1.29 is 30.6 Å². The van der Waals surface area contributed by atoms with Crippen LogP contribution in [0.5, 0.6) is 0 Å². The molecule has 0 saturated carbocycles. The molecule has 2 rings (SSSR count). The summed E-state index contributed by atoms with van der Waals surface area (Å²) in [5, 5.41) is 0. The molecule has 33 heavy (non-hydrogen) atoms. The number of nitrogens with one attached hydrogen (secondary N) is 1. The van der Waals surface area contributed by atoms with E-state index in [0.717, 1.165) is 11.8 Å². The van der Waals surface area contributed by atoms with Crippen LogP contribution in [0.2, 0.25) is 0 Å². The van der Waals surface area contributed by atoms with Gasteiger partial charge in [-0.25, -0.2) is 17.9 Å². The predicted octanol–water partition coefficient (Wildman–Crippen LogP) is 3.37. The van der Waals surface area contributed by atoms with Gasteiger partial charge in [-0.2, -0.15) is 13.4 Å². The van der Waals surface area contributed by atoms with Crippen molar-refractivity contribution in [3.63, 3.8) is 0 Å². The lowest BCUT2D eigenvalue weighted by molar-refractivity contribution is 0.0602. The quantitative estimate of drug-likeness (QED) is 0.438.